The zero-order valence-electron chi connectivity index (χ0n) is 28.1. The van der Waals surface area contributed by atoms with Crippen molar-refractivity contribution in [3.8, 4) is 0 Å². The highest BCUT2D eigenvalue weighted by Gasteiger charge is 2.38. The Kier molecular flexibility index (Phi) is 12.6. The second-order valence-corrected chi connectivity index (χ2v) is 12.9. The molecule has 1 aliphatic heterocycles. The van der Waals surface area contributed by atoms with Gasteiger partial charge < -0.3 is 20.6 Å². The average Bonchev–Trinajstić information content (AvgIpc) is 3.54. The summed E-state index contributed by atoms with van der Waals surface area (Å²) in [5.74, 6) is 4.94. The molecule has 2 aliphatic rings. The summed E-state index contributed by atoms with van der Waals surface area (Å²) in [6.07, 6.45) is -5.10. The predicted octanol–water partition coefficient (Wildman–Crippen LogP) is 7.28. The second kappa shape index (κ2) is 16.3. The maximum atomic E-state index is 14.3. The van der Waals surface area contributed by atoms with E-state index in [4.69, 9.17) is 16.6 Å². The molecule has 2 aromatic carbocycles. The number of benzene rings is 2. The van der Waals surface area contributed by atoms with Gasteiger partial charge in [-0.2, -0.15) is 26.3 Å². The van der Waals surface area contributed by atoms with Gasteiger partial charge >= 0.3 is 18.3 Å². The van der Waals surface area contributed by atoms with Crippen LogP contribution < -0.4 is 16.5 Å². The molecule has 1 aromatic heterocycles. The molecule has 280 valence electrons. The Labute approximate surface area is 289 Å². The number of hydrogen-bond acceptors (Lipinski definition) is 6. The lowest BCUT2D eigenvalue weighted by Crippen LogP contribution is -2.41. The Balaban J connectivity index is 0.00000286. The summed E-state index contributed by atoms with van der Waals surface area (Å²) in [7, 11) is 1.86. The summed E-state index contributed by atoms with van der Waals surface area (Å²) in [5, 5.41) is 14.7. The number of fused-ring (bicyclic) bond motifs is 1. The van der Waals surface area contributed by atoms with Gasteiger partial charge in [0.1, 0.15) is 11.6 Å². The monoisotopic (exact) mass is 731 g/mol. The first-order valence-electron chi connectivity index (χ1n) is 16.3. The molecule has 2 fully saturated rings. The van der Waals surface area contributed by atoms with Crippen LogP contribution in [0.5, 0.6) is 0 Å². The van der Waals surface area contributed by atoms with Gasteiger partial charge in [-0.3, -0.25) is 9.18 Å². The van der Waals surface area contributed by atoms with E-state index in [0.29, 0.717) is 48.1 Å². The van der Waals surface area contributed by atoms with E-state index in [1.54, 1.807) is 6.07 Å². The number of rotatable bonds is 9. The highest BCUT2D eigenvalue weighted by molar-refractivity contribution is 5.83. The van der Waals surface area contributed by atoms with Crippen LogP contribution in [0.15, 0.2) is 47.6 Å². The molecule has 0 bridgehead atoms. The molecular formula is C34H41F8N7O2. The van der Waals surface area contributed by atoms with Crippen LogP contribution in [0.25, 0.3) is 10.9 Å². The first-order chi connectivity index (χ1) is 24.0. The Morgan fingerprint density at radius 2 is 1.59 bits per heavy atom. The molecule has 1 aliphatic carbocycles. The van der Waals surface area contributed by atoms with Crippen LogP contribution >= 0.6 is 0 Å². The summed E-state index contributed by atoms with van der Waals surface area (Å²) >= 11 is 0. The lowest BCUT2D eigenvalue weighted by atomic mass is 9.76. The maximum Gasteiger partial charge on any atom is 0.416 e. The first kappa shape index (κ1) is 39.4. The molecule has 17 heteroatoms. The number of guanidine groups is 1. The third kappa shape index (κ3) is 10.1. The van der Waals surface area contributed by atoms with E-state index in [9.17, 15) is 45.0 Å². The van der Waals surface area contributed by atoms with Crippen molar-refractivity contribution in [2.24, 2.45) is 28.5 Å². The topological polar surface area (TPSA) is 124 Å². The minimum absolute atomic E-state index is 0.0375. The smallest absolute Gasteiger partial charge is 0.416 e. The van der Waals surface area contributed by atoms with E-state index in [1.807, 2.05) is 0 Å². The maximum absolute atomic E-state index is 14.3. The minimum Gasteiger partial charge on any atom is -0.481 e. The lowest BCUT2D eigenvalue weighted by molar-refractivity contribution is -0.143. The van der Waals surface area contributed by atoms with Crippen molar-refractivity contribution < 1.29 is 45.0 Å². The zero-order chi connectivity index (χ0) is 37.7. The number of nitrogens with zero attached hydrogens (tertiary/aromatic N) is 5. The Morgan fingerprint density at radius 1 is 0.961 bits per heavy atom. The molecule has 0 spiro atoms. The van der Waals surface area contributed by atoms with Crippen molar-refractivity contribution in [2.75, 3.05) is 25.7 Å². The van der Waals surface area contributed by atoms with Gasteiger partial charge in [-0.25, -0.2) is 20.3 Å². The zero-order valence-corrected chi connectivity index (χ0v) is 28.1. The van der Waals surface area contributed by atoms with Crippen molar-refractivity contribution in [1.29, 1.82) is 0 Å². The third-order valence-corrected chi connectivity index (χ3v) is 9.27. The first-order valence-corrected chi connectivity index (χ1v) is 16.3. The number of carboxylic acid groups (broad SMARTS) is 1. The lowest BCUT2D eigenvalue weighted by Gasteiger charge is -2.38. The molecule has 1 saturated heterocycles. The van der Waals surface area contributed by atoms with E-state index >= 15 is 0 Å². The van der Waals surface area contributed by atoms with E-state index in [-0.39, 0.29) is 48.4 Å². The molecule has 51 heavy (non-hydrogen) atoms. The standard InChI is InChI=1S/C33H38F7N7O2.CH3F/c1-45(42)44-31(41)46(17-20-11-24(32(35,36)37)15-25(12-20)33(38,39)40)18-23-14-22-8-9-26(34)16-27(22)43-30(23)47-10-2-3-28(47)21-6-4-19(5-7-21)13-29(48)49;1-2/h8-9,11-12,14-16,19,21,28H,2-7,10,13,17-18,42H2,1H3,(H2,41,44)(H,48,49);1H3/t19?,21?,28-;/m1./s1. The largest absolute Gasteiger partial charge is 0.481 e. The van der Waals surface area contributed by atoms with Gasteiger partial charge in [-0.05, 0) is 92.3 Å². The number of anilines is 1. The number of pyridine rings is 1. The van der Waals surface area contributed by atoms with Crippen LogP contribution in [-0.2, 0) is 30.2 Å². The fourth-order valence-electron chi connectivity index (χ4n) is 7.09. The molecule has 9 nitrogen and oxygen atoms in total. The van der Waals surface area contributed by atoms with Crippen molar-refractivity contribution in [2.45, 2.75) is 76.4 Å². The van der Waals surface area contributed by atoms with E-state index in [0.717, 1.165) is 43.6 Å². The number of hydrazine groups is 1. The minimum atomic E-state index is -5.04. The van der Waals surface area contributed by atoms with Gasteiger partial charge in [0.2, 0.25) is 5.96 Å². The van der Waals surface area contributed by atoms with Gasteiger partial charge in [0.05, 0.1) is 23.8 Å². The number of hydrazone groups is 1. The molecule has 1 saturated carbocycles. The van der Waals surface area contributed by atoms with Crippen molar-refractivity contribution in [3.05, 3.63) is 70.5 Å². The molecule has 2 heterocycles. The van der Waals surface area contributed by atoms with Crippen LogP contribution in [0.1, 0.15) is 67.2 Å². The van der Waals surface area contributed by atoms with E-state index in [2.05, 4.69) is 10.0 Å². The van der Waals surface area contributed by atoms with Crippen LogP contribution in [0.3, 0.4) is 0 Å². The number of carbonyl (C=O) groups is 1. The summed E-state index contributed by atoms with van der Waals surface area (Å²) in [4.78, 5) is 19.6. The fourth-order valence-corrected chi connectivity index (χ4v) is 7.09. The van der Waals surface area contributed by atoms with E-state index < -0.39 is 41.8 Å². The van der Waals surface area contributed by atoms with Crippen LogP contribution in [0.2, 0.25) is 0 Å². The normalized spacial score (nSPS) is 19.9. The molecule has 5 N–H and O–H groups in total. The summed E-state index contributed by atoms with van der Waals surface area (Å²) in [5.41, 5.74) is 3.96. The molecule has 0 unspecified atom stereocenters. The molecule has 3 aromatic rings. The average molecular weight is 732 g/mol. The number of aliphatic carboxylic acids is 1. The predicted molar refractivity (Wildman–Crippen MR) is 176 cm³/mol. The van der Waals surface area contributed by atoms with Crippen LogP contribution in [0.4, 0.5) is 40.9 Å². The van der Waals surface area contributed by atoms with Crippen molar-refractivity contribution in [3.63, 3.8) is 0 Å². The Hall–Kier alpha value is -4.41. The number of alkyl halides is 7. The number of hydrogen-bond donors (Lipinski definition) is 3. The molecular weight excluding hydrogens is 690 g/mol. The highest BCUT2D eigenvalue weighted by Crippen LogP contribution is 2.41. The van der Waals surface area contributed by atoms with Gasteiger partial charge in [0.15, 0.2) is 0 Å². The number of aromatic nitrogens is 1. The number of nitrogens with two attached hydrogens (primary N) is 2. The van der Waals surface area contributed by atoms with Gasteiger partial charge in [-0.1, -0.05) is 0 Å². The Morgan fingerprint density at radius 3 is 2.16 bits per heavy atom. The SMILES string of the molecule is CF.CN(N)/N=C(\N)N(Cc1cc(C(F)(F)F)cc(C(F)(F)F)c1)Cc1cc2ccc(F)cc2nc1N1CCC[C@@H]1C1CCC(CC(=O)O)CC1. The number of halogens is 8. The van der Waals surface area contributed by atoms with Gasteiger partial charge in [0, 0.05) is 56.2 Å². The third-order valence-electron chi connectivity index (χ3n) is 9.27. The van der Waals surface area contributed by atoms with Gasteiger partial charge in [0.25, 0.3) is 0 Å². The van der Waals surface area contributed by atoms with Gasteiger partial charge in [-0.15, -0.1) is 5.10 Å². The van der Waals surface area contributed by atoms with Crippen LogP contribution in [0, 0.1) is 17.7 Å². The second-order valence-electron chi connectivity index (χ2n) is 12.9. The Bertz CT molecular complexity index is 1660. The molecule has 0 radical (unpaired) electrons. The quantitative estimate of drug-likeness (QED) is 0.0690. The highest BCUT2D eigenvalue weighted by atomic mass is 19.4. The van der Waals surface area contributed by atoms with Crippen molar-refractivity contribution >= 4 is 28.6 Å². The van der Waals surface area contributed by atoms with Crippen LogP contribution in [-0.4, -0.2) is 58.8 Å². The summed E-state index contributed by atoms with van der Waals surface area (Å²) in [6, 6.07) is 7.23. The number of carboxylic acids is 1. The molecule has 5 rings (SSSR count). The molecule has 0 amide bonds. The summed E-state index contributed by atoms with van der Waals surface area (Å²) < 4.78 is 106. The van der Waals surface area contributed by atoms with Crippen molar-refractivity contribution in [1.82, 2.24) is 15.0 Å². The van der Waals surface area contributed by atoms with E-state index in [1.165, 1.54) is 30.1 Å². The molecule has 1 atom stereocenters. The summed E-state index contributed by atoms with van der Waals surface area (Å²) in [6.45, 7) is -0.0166. The fraction of sp³-hybridized carbons (Fsp3) is 0.500.